The summed E-state index contributed by atoms with van der Waals surface area (Å²) < 4.78 is 0. The second-order valence-corrected chi connectivity index (χ2v) is 7.97. The summed E-state index contributed by atoms with van der Waals surface area (Å²) in [6.45, 7) is 3.82. The molecule has 0 bridgehead atoms. The molecular formula is C27H28N4O2. The number of benzene rings is 3. The summed E-state index contributed by atoms with van der Waals surface area (Å²) in [5.74, 6) is 0.582. The maximum atomic E-state index is 12.9. The zero-order valence-corrected chi connectivity index (χ0v) is 18.7. The lowest BCUT2D eigenvalue weighted by molar-refractivity contribution is -0.122. The number of fused-ring (bicyclic) bond motifs is 1. The standard InChI is InChI=1S/C27H28N4O2/c1-2-31(19-24-28-23-16-10-9-15-22(23)27(33)29-24)18-17-25(32)30-26(20-11-5-3-6-12-20)21-13-7-4-8-14-21/h3-16,26H,2,17-19H2,1H3,(H,30,32)(H,28,29,33). The van der Waals surface area contributed by atoms with Crippen molar-refractivity contribution in [1.29, 1.82) is 0 Å². The van der Waals surface area contributed by atoms with Gasteiger partial charge < -0.3 is 10.3 Å². The van der Waals surface area contributed by atoms with E-state index in [9.17, 15) is 9.59 Å². The fourth-order valence-corrected chi connectivity index (χ4v) is 3.91. The third kappa shape index (κ3) is 5.73. The minimum Gasteiger partial charge on any atom is -0.345 e. The highest BCUT2D eigenvalue weighted by Gasteiger charge is 2.17. The van der Waals surface area contributed by atoms with Gasteiger partial charge in [-0.2, -0.15) is 0 Å². The van der Waals surface area contributed by atoms with Crippen molar-refractivity contribution in [3.05, 3.63) is 112 Å². The molecule has 0 aliphatic rings. The maximum absolute atomic E-state index is 12.9. The number of hydrogen-bond acceptors (Lipinski definition) is 4. The smallest absolute Gasteiger partial charge is 0.258 e. The molecule has 1 heterocycles. The zero-order valence-electron chi connectivity index (χ0n) is 18.7. The topological polar surface area (TPSA) is 78.1 Å². The van der Waals surface area contributed by atoms with E-state index < -0.39 is 0 Å². The van der Waals surface area contributed by atoms with Gasteiger partial charge in [0.25, 0.3) is 5.56 Å². The number of carbonyl (C=O) groups is 1. The Hall–Kier alpha value is -3.77. The number of nitrogens with one attached hydrogen (secondary N) is 2. The minimum atomic E-state index is -0.200. The molecule has 4 rings (SSSR count). The lowest BCUT2D eigenvalue weighted by Gasteiger charge is -2.22. The van der Waals surface area contributed by atoms with Gasteiger partial charge in [0, 0.05) is 13.0 Å². The molecule has 0 fully saturated rings. The third-order valence-electron chi connectivity index (χ3n) is 5.71. The number of rotatable bonds is 9. The van der Waals surface area contributed by atoms with Crippen LogP contribution in [0.5, 0.6) is 0 Å². The van der Waals surface area contributed by atoms with Crippen LogP contribution >= 0.6 is 0 Å². The first-order valence-corrected chi connectivity index (χ1v) is 11.2. The molecule has 2 N–H and O–H groups in total. The molecule has 4 aromatic rings. The molecule has 0 atom stereocenters. The van der Waals surface area contributed by atoms with Crippen LogP contribution in [0.3, 0.4) is 0 Å². The van der Waals surface area contributed by atoms with Crippen LogP contribution in [0.4, 0.5) is 0 Å². The van der Waals surface area contributed by atoms with Crippen molar-refractivity contribution in [2.75, 3.05) is 13.1 Å². The summed E-state index contributed by atoms with van der Waals surface area (Å²) in [5, 5.41) is 3.77. The van der Waals surface area contributed by atoms with Gasteiger partial charge in [-0.25, -0.2) is 4.98 Å². The first-order chi connectivity index (χ1) is 16.1. The Bertz CT molecular complexity index is 1220. The second-order valence-electron chi connectivity index (χ2n) is 7.97. The molecule has 1 aromatic heterocycles. The number of H-pyrrole nitrogens is 1. The summed E-state index contributed by atoms with van der Waals surface area (Å²) in [4.78, 5) is 34.8. The summed E-state index contributed by atoms with van der Waals surface area (Å²) in [5.41, 5.74) is 2.63. The molecule has 0 unspecified atom stereocenters. The Morgan fingerprint density at radius 1 is 0.939 bits per heavy atom. The number of aromatic amines is 1. The summed E-state index contributed by atoms with van der Waals surface area (Å²) in [6.07, 6.45) is 0.349. The van der Waals surface area contributed by atoms with Crippen molar-refractivity contribution >= 4 is 16.8 Å². The Morgan fingerprint density at radius 2 is 1.55 bits per heavy atom. The van der Waals surface area contributed by atoms with Crippen LogP contribution < -0.4 is 10.9 Å². The zero-order chi connectivity index (χ0) is 23.0. The average molecular weight is 441 g/mol. The Labute approximate surface area is 193 Å². The van der Waals surface area contributed by atoms with Gasteiger partial charge >= 0.3 is 0 Å². The quantitative estimate of drug-likeness (QED) is 0.412. The average Bonchev–Trinajstić information content (AvgIpc) is 2.86. The predicted octanol–water partition coefficient (Wildman–Crippen LogP) is 4.04. The van der Waals surface area contributed by atoms with Crippen LogP contribution in [0.1, 0.15) is 36.3 Å². The Morgan fingerprint density at radius 3 is 2.18 bits per heavy atom. The monoisotopic (exact) mass is 440 g/mol. The van der Waals surface area contributed by atoms with E-state index in [1.807, 2.05) is 85.8 Å². The lowest BCUT2D eigenvalue weighted by Crippen LogP contribution is -2.34. The molecule has 6 heteroatoms. The molecule has 0 radical (unpaired) electrons. The van der Waals surface area contributed by atoms with Crippen LogP contribution in [0, 0.1) is 0 Å². The molecular weight excluding hydrogens is 412 g/mol. The SMILES string of the molecule is CCN(CCC(=O)NC(c1ccccc1)c1ccccc1)Cc1nc2ccccc2c(=O)[nH]1. The van der Waals surface area contributed by atoms with Crippen molar-refractivity contribution in [2.45, 2.75) is 25.9 Å². The van der Waals surface area contributed by atoms with Crippen molar-refractivity contribution < 1.29 is 4.79 Å². The van der Waals surface area contributed by atoms with Crippen molar-refractivity contribution in [1.82, 2.24) is 20.2 Å². The van der Waals surface area contributed by atoms with Gasteiger partial charge in [0.05, 0.1) is 23.5 Å². The number of aromatic nitrogens is 2. The van der Waals surface area contributed by atoms with Crippen LogP contribution in [0.2, 0.25) is 0 Å². The van der Waals surface area contributed by atoms with Gasteiger partial charge in [-0.1, -0.05) is 79.7 Å². The van der Waals surface area contributed by atoms with E-state index in [2.05, 4.69) is 20.2 Å². The molecule has 0 aliphatic heterocycles. The number of carbonyl (C=O) groups excluding carboxylic acids is 1. The first kappa shape index (κ1) is 22.4. The molecule has 168 valence electrons. The van der Waals surface area contributed by atoms with Crippen LogP contribution in [0.25, 0.3) is 10.9 Å². The number of hydrogen-bond donors (Lipinski definition) is 2. The highest BCUT2D eigenvalue weighted by molar-refractivity contribution is 5.77. The van der Waals surface area contributed by atoms with Crippen LogP contribution in [0.15, 0.2) is 89.7 Å². The molecule has 6 nitrogen and oxygen atoms in total. The highest BCUT2D eigenvalue weighted by Crippen LogP contribution is 2.21. The van der Waals surface area contributed by atoms with Gasteiger partial charge in [-0.15, -0.1) is 0 Å². The van der Waals surface area contributed by atoms with Gasteiger partial charge in [0.15, 0.2) is 0 Å². The molecule has 1 amide bonds. The van der Waals surface area contributed by atoms with E-state index in [4.69, 9.17) is 0 Å². The fraction of sp³-hybridized carbons (Fsp3) is 0.222. The third-order valence-corrected chi connectivity index (χ3v) is 5.71. The number of nitrogens with zero attached hydrogens (tertiary/aromatic N) is 2. The van der Waals surface area contributed by atoms with Gasteiger partial charge in [0.1, 0.15) is 5.82 Å². The van der Waals surface area contributed by atoms with Crippen molar-refractivity contribution in [3.63, 3.8) is 0 Å². The van der Waals surface area contributed by atoms with E-state index in [0.717, 1.165) is 17.7 Å². The second kappa shape index (κ2) is 10.7. The fourth-order valence-electron chi connectivity index (χ4n) is 3.91. The minimum absolute atomic E-state index is 0.0221. The highest BCUT2D eigenvalue weighted by atomic mass is 16.1. The van der Waals surface area contributed by atoms with Crippen molar-refractivity contribution in [2.24, 2.45) is 0 Å². The van der Waals surface area contributed by atoms with Gasteiger partial charge in [-0.05, 0) is 29.8 Å². The van der Waals surface area contributed by atoms with Crippen molar-refractivity contribution in [3.8, 4) is 0 Å². The molecule has 0 saturated heterocycles. The van der Waals surface area contributed by atoms with E-state index >= 15 is 0 Å². The number of para-hydroxylation sites is 1. The molecule has 33 heavy (non-hydrogen) atoms. The molecule has 0 aliphatic carbocycles. The van der Waals surface area contributed by atoms with E-state index in [-0.39, 0.29) is 17.5 Å². The number of amides is 1. The molecule has 0 spiro atoms. The van der Waals surface area contributed by atoms with E-state index in [0.29, 0.717) is 36.2 Å². The normalized spacial score (nSPS) is 11.2. The molecule has 3 aromatic carbocycles. The Balaban J connectivity index is 1.41. The summed E-state index contributed by atoms with van der Waals surface area (Å²) in [6, 6.07) is 27.1. The molecule has 0 saturated carbocycles. The lowest BCUT2D eigenvalue weighted by atomic mass is 9.98. The Kier molecular flexibility index (Phi) is 7.27. The predicted molar refractivity (Wildman–Crippen MR) is 131 cm³/mol. The summed E-state index contributed by atoms with van der Waals surface area (Å²) in [7, 11) is 0. The maximum Gasteiger partial charge on any atom is 0.258 e. The van der Waals surface area contributed by atoms with E-state index in [1.165, 1.54) is 0 Å². The largest absolute Gasteiger partial charge is 0.345 e. The van der Waals surface area contributed by atoms with E-state index in [1.54, 1.807) is 6.07 Å². The van der Waals surface area contributed by atoms with Gasteiger partial charge in [0.2, 0.25) is 5.91 Å². The first-order valence-electron chi connectivity index (χ1n) is 11.2. The van der Waals surface area contributed by atoms with Crippen LogP contribution in [-0.4, -0.2) is 33.9 Å². The summed E-state index contributed by atoms with van der Waals surface area (Å²) >= 11 is 0. The van der Waals surface area contributed by atoms with Crippen LogP contribution in [-0.2, 0) is 11.3 Å². The van der Waals surface area contributed by atoms with Gasteiger partial charge in [-0.3, -0.25) is 14.5 Å².